The van der Waals surface area contributed by atoms with E-state index in [2.05, 4.69) is 43.6 Å². The highest BCUT2D eigenvalue weighted by molar-refractivity contribution is 9.11. The molecule has 1 aliphatic rings. The van der Waals surface area contributed by atoms with E-state index in [4.69, 9.17) is 5.73 Å². The maximum Gasteiger partial charge on any atom is 0.210 e. The molecule has 5 nitrogen and oxygen atoms in total. The van der Waals surface area contributed by atoms with Gasteiger partial charge in [0, 0.05) is 10.9 Å². The lowest BCUT2D eigenvalue weighted by atomic mass is 10.2. The molecule has 0 saturated heterocycles. The molecule has 0 bridgehead atoms. The van der Waals surface area contributed by atoms with Crippen molar-refractivity contribution in [3.8, 4) is 0 Å². The first-order valence-corrected chi connectivity index (χ1v) is 8.59. The minimum atomic E-state index is 0.0416. The quantitative estimate of drug-likeness (QED) is 0.830. The predicted octanol–water partition coefficient (Wildman–Crippen LogP) is 3.01. The van der Waals surface area contributed by atoms with Gasteiger partial charge in [0.1, 0.15) is 0 Å². The average molecular weight is 360 g/mol. The third-order valence-corrected chi connectivity index (χ3v) is 6.21. The molecule has 0 aliphatic heterocycles. The van der Waals surface area contributed by atoms with Crippen LogP contribution in [0.4, 0.5) is 0 Å². The third kappa shape index (κ3) is 3.01. The summed E-state index contributed by atoms with van der Waals surface area (Å²) in [5.41, 5.74) is 6.13. The van der Waals surface area contributed by atoms with E-state index in [1.165, 1.54) is 17.7 Å². The lowest BCUT2D eigenvalue weighted by molar-refractivity contribution is 0.563. The van der Waals surface area contributed by atoms with Crippen LogP contribution >= 0.6 is 39.0 Å². The molecule has 0 aromatic carbocycles. The Hall–Kier alpha value is -0.440. The molecule has 0 radical (unpaired) electrons. The van der Waals surface area contributed by atoms with Crippen molar-refractivity contribution in [2.45, 2.75) is 42.3 Å². The zero-order valence-electron chi connectivity index (χ0n) is 10.4. The van der Waals surface area contributed by atoms with Crippen LogP contribution in [0.5, 0.6) is 0 Å². The van der Waals surface area contributed by atoms with E-state index in [1.54, 1.807) is 23.1 Å². The van der Waals surface area contributed by atoms with Crippen LogP contribution in [0.25, 0.3) is 0 Å². The number of rotatable bonds is 5. The molecule has 19 heavy (non-hydrogen) atoms. The maximum atomic E-state index is 6.13. The molecule has 2 aromatic rings. The summed E-state index contributed by atoms with van der Waals surface area (Å²) >= 11 is 6.87. The first kappa shape index (κ1) is 13.5. The van der Waals surface area contributed by atoms with Crippen LogP contribution in [0.3, 0.4) is 0 Å². The highest BCUT2D eigenvalue weighted by Gasteiger charge is 2.30. The van der Waals surface area contributed by atoms with E-state index in [0.717, 1.165) is 8.94 Å². The lowest BCUT2D eigenvalue weighted by Crippen LogP contribution is -2.22. The van der Waals surface area contributed by atoms with Crippen LogP contribution in [-0.4, -0.2) is 26.2 Å². The smallest absolute Gasteiger partial charge is 0.210 e. The van der Waals surface area contributed by atoms with Crippen LogP contribution in [0.1, 0.15) is 35.9 Å². The fourth-order valence-electron chi connectivity index (χ4n) is 1.83. The number of tetrazole rings is 1. The molecule has 1 aliphatic carbocycles. The minimum absolute atomic E-state index is 0.0416. The summed E-state index contributed by atoms with van der Waals surface area (Å²) in [7, 11) is 0. The van der Waals surface area contributed by atoms with Crippen molar-refractivity contribution in [2.24, 2.45) is 5.73 Å². The van der Waals surface area contributed by atoms with Crippen LogP contribution in [0.15, 0.2) is 21.1 Å². The zero-order chi connectivity index (χ0) is 13.4. The van der Waals surface area contributed by atoms with Crippen molar-refractivity contribution in [3.05, 3.63) is 20.8 Å². The lowest BCUT2D eigenvalue weighted by Gasteiger charge is -2.18. The van der Waals surface area contributed by atoms with E-state index in [0.29, 0.717) is 6.04 Å². The molecule has 0 amide bonds. The van der Waals surface area contributed by atoms with E-state index in [-0.39, 0.29) is 11.3 Å². The molecule has 3 rings (SSSR count). The Balaban J connectivity index is 1.83. The summed E-state index contributed by atoms with van der Waals surface area (Å²) in [6.07, 6.45) is 2.35. The minimum Gasteiger partial charge on any atom is -0.327 e. The maximum absolute atomic E-state index is 6.13. The molecule has 1 fully saturated rings. The van der Waals surface area contributed by atoms with Gasteiger partial charge in [0.25, 0.3) is 0 Å². The van der Waals surface area contributed by atoms with Gasteiger partial charge in [-0.3, -0.25) is 0 Å². The number of hydrogen-bond acceptors (Lipinski definition) is 6. The highest BCUT2D eigenvalue weighted by Crippen LogP contribution is 2.43. The molecule has 2 unspecified atom stereocenters. The molecular formula is C11H14BrN5S2. The monoisotopic (exact) mass is 359 g/mol. The van der Waals surface area contributed by atoms with Crippen molar-refractivity contribution in [3.63, 3.8) is 0 Å². The second kappa shape index (κ2) is 5.51. The van der Waals surface area contributed by atoms with Crippen LogP contribution in [-0.2, 0) is 0 Å². The first-order valence-electron chi connectivity index (χ1n) is 6.10. The second-order valence-electron chi connectivity index (χ2n) is 4.68. The summed E-state index contributed by atoms with van der Waals surface area (Å²) in [5, 5.41) is 13.1. The number of nitrogens with two attached hydrogens (primary N) is 1. The number of hydrogen-bond donors (Lipinski definition) is 1. The topological polar surface area (TPSA) is 69.6 Å². The largest absolute Gasteiger partial charge is 0.327 e. The fourth-order valence-corrected chi connectivity index (χ4v) is 4.65. The van der Waals surface area contributed by atoms with E-state index >= 15 is 0 Å². The summed E-state index contributed by atoms with van der Waals surface area (Å²) < 4.78 is 3.05. The van der Waals surface area contributed by atoms with Gasteiger partial charge in [-0.15, -0.1) is 16.4 Å². The van der Waals surface area contributed by atoms with E-state index in [9.17, 15) is 0 Å². The number of halogens is 1. The fraction of sp³-hybridized carbons (Fsp3) is 0.545. The number of nitrogens with zero attached hydrogens (tertiary/aromatic N) is 4. The number of aromatic nitrogens is 4. The van der Waals surface area contributed by atoms with Gasteiger partial charge in [0.15, 0.2) is 0 Å². The molecule has 2 N–H and O–H groups in total. The summed E-state index contributed by atoms with van der Waals surface area (Å²) in [6, 6.07) is 4.70. The Morgan fingerprint density at radius 1 is 1.53 bits per heavy atom. The predicted molar refractivity (Wildman–Crippen MR) is 80.4 cm³/mol. The molecule has 2 heterocycles. The second-order valence-corrected chi connectivity index (χ2v) is 8.28. The normalized spacial score (nSPS) is 18.5. The average Bonchev–Trinajstić information content (AvgIpc) is 2.95. The molecule has 2 atom stereocenters. The van der Waals surface area contributed by atoms with Crippen molar-refractivity contribution in [2.75, 3.05) is 0 Å². The summed E-state index contributed by atoms with van der Waals surface area (Å²) in [5.74, 6) is 0. The van der Waals surface area contributed by atoms with Crippen LogP contribution < -0.4 is 5.73 Å². The first-order chi connectivity index (χ1) is 9.15. The third-order valence-electron chi connectivity index (χ3n) is 2.94. The van der Waals surface area contributed by atoms with Crippen molar-refractivity contribution in [1.82, 2.24) is 20.2 Å². The van der Waals surface area contributed by atoms with Crippen molar-refractivity contribution < 1.29 is 0 Å². The van der Waals surface area contributed by atoms with E-state index in [1.807, 2.05) is 11.6 Å². The van der Waals surface area contributed by atoms with Gasteiger partial charge in [0.05, 0.1) is 15.1 Å². The Kier molecular flexibility index (Phi) is 3.93. The van der Waals surface area contributed by atoms with Gasteiger partial charge in [-0.25, -0.2) is 4.68 Å². The van der Waals surface area contributed by atoms with Gasteiger partial charge in [-0.2, -0.15) is 0 Å². The van der Waals surface area contributed by atoms with E-state index < -0.39 is 0 Å². The Morgan fingerprint density at radius 3 is 2.89 bits per heavy atom. The van der Waals surface area contributed by atoms with Gasteiger partial charge in [-0.05, 0) is 58.3 Å². The molecular weight excluding hydrogens is 346 g/mol. The molecule has 0 spiro atoms. The number of thioether (sulfide) groups is 1. The van der Waals surface area contributed by atoms with Crippen LogP contribution in [0.2, 0.25) is 0 Å². The van der Waals surface area contributed by atoms with Gasteiger partial charge in [0.2, 0.25) is 5.16 Å². The molecule has 2 aromatic heterocycles. The van der Waals surface area contributed by atoms with Gasteiger partial charge in [-0.1, -0.05) is 11.8 Å². The van der Waals surface area contributed by atoms with Crippen molar-refractivity contribution in [1.29, 1.82) is 0 Å². The highest BCUT2D eigenvalue weighted by atomic mass is 79.9. The number of thiophene rings is 1. The van der Waals surface area contributed by atoms with Gasteiger partial charge < -0.3 is 5.73 Å². The Bertz CT molecular complexity index is 563. The zero-order valence-corrected chi connectivity index (χ0v) is 13.6. The summed E-state index contributed by atoms with van der Waals surface area (Å²) in [4.78, 5) is 1.25. The summed E-state index contributed by atoms with van der Waals surface area (Å²) in [6.45, 7) is 2.02. The van der Waals surface area contributed by atoms with Crippen molar-refractivity contribution >= 4 is 39.0 Å². The van der Waals surface area contributed by atoms with Crippen LogP contribution in [0, 0.1) is 0 Å². The van der Waals surface area contributed by atoms with Gasteiger partial charge >= 0.3 is 0 Å². The Morgan fingerprint density at radius 2 is 2.32 bits per heavy atom. The molecule has 1 saturated carbocycles. The molecule has 102 valence electrons. The Labute approximate surface area is 128 Å². The SMILES string of the molecule is CC(N)C(Sc1nnnn1C1CC1)c1ccc(Br)s1. The standard InChI is InChI=1S/C11H14BrN5S2/c1-6(13)10(8-4-5-9(12)18-8)19-11-14-15-16-17(11)7-2-3-7/h4-7,10H,2-3,13H2,1H3. The molecule has 8 heteroatoms.